The summed E-state index contributed by atoms with van der Waals surface area (Å²) in [6.45, 7) is 0.966. The highest BCUT2D eigenvalue weighted by molar-refractivity contribution is 7.52. The number of nitrogens with one attached hydrogen (secondary N) is 1. The van der Waals surface area contributed by atoms with Crippen molar-refractivity contribution >= 4 is 30.5 Å². The smallest absolute Gasteiger partial charge is 0.373 e. The zero-order valence-electron chi connectivity index (χ0n) is 19.9. The van der Waals surface area contributed by atoms with Gasteiger partial charge in [-0.3, -0.25) is 14.9 Å². The summed E-state index contributed by atoms with van der Waals surface area (Å²) in [6.07, 6.45) is 0.437. The highest BCUT2D eigenvalue weighted by Crippen LogP contribution is 2.44. The molecule has 0 saturated carbocycles. The van der Waals surface area contributed by atoms with Gasteiger partial charge >= 0.3 is 7.60 Å². The molecular formula is C26H20ClN4O6P. The molecule has 0 radical (unpaired) electrons. The van der Waals surface area contributed by atoms with Gasteiger partial charge in [0.05, 0.1) is 22.4 Å². The number of fused-ring (bicyclic) bond motifs is 1. The van der Waals surface area contributed by atoms with Gasteiger partial charge in [0.25, 0.3) is 11.2 Å². The van der Waals surface area contributed by atoms with Crippen LogP contribution in [-0.4, -0.2) is 31.1 Å². The van der Waals surface area contributed by atoms with Gasteiger partial charge in [0.1, 0.15) is 11.4 Å². The zero-order chi connectivity index (χ0) is 27.0. The van der Waals surface area contributed by atoms with Crippen molar-refractivity contribution in [3.05, 3.63) is 116 Å². The Balaban J connectivity index is 1.80. The molecule has 0 aliphatic heterocycles. The van der Waals surface area contributed by atoms with Crippen LogP contribution in [0.1, 0.15) is 11.3 Å². The minimum Gasteiger partial charge on any atom is -0.424 e. The van der Waals surface area contributed by atoms with E-state index in [4.69, 9.17) is 21.2 Å². The van der Waals surface area contributed by atoms with Crippen LogP contribution in [-0.2, 0) is 11.0 Å². The summed E-state index contributed by atoms with van der Waals surface area (Å²) in [5, 5.41) is 16.7. The molecule has 0 spiro atoms. The molecule has 0 aliphatic rings. The number of aromatic nitrogens is 3. The largest absolute Gasteiger partial charge is 0.424 e. The molecule has 5 aromatic rings. The first-order valence-electron chi connectivity index (χ1n) is 11.3. The highest BCUT2D eigenvalue weighted by Gasteiger charge is 2.24. The number of hydrogen-bond acceptors (Lipinski definition) is 6. The molecule has 1 atom stereocenters. The monoisotopic (exact) mass is 550 g/mol. The molecule has 38 heavy (non-hydrogen) atoms. The predicted octanol–water partition coefficient (Wildman–Crippen LogP) is 5.70. The molecular weight excluding hydrogens is 531 g/mol. The molecule has 0 saturated heterocycles. The third kappa shape index (κ3) is 5.24. The van der Waals surface area contributed by atoms with Crippen molar-refractivity contribution in [3.63, 3.8) is 0 Å². The number of nitro benzene ring substituents is 1. The third-order valence-electron chi connectivity index (χ3n) is 5.76. The van der Waals surface area contributed by atoms with Crippen molar-refractivity contribution in [2.45, 2.75) is 6.42 Å². The van der Waals surface area contributed by atoms with Crippen LogP contribution in [0.5, 0.6) is 5.75 Å². The van der Waals surface area contributed by atoms with E-state index in [1.807, 2.05) is 42.5 Å². The summed E-state index contributed by atoms with van der Waals surface area (Å²) in [4.78, 5) is 36.3. The molecule has 10 nitrogen and oxygen atoms in total. The van der Waals surface area contributed by atoms with Crippen LogP contribution >= 0.6 is 19.2 Å². The Labute approximate surface area is 220 Å². The minimum atomic E-state index is -4.11. The lowest BCUT2D eigenvalue weighted by molar-refractivity contribution is -0.384. The fourth-order valence-electron chi connectivity index (χ4n) is 4.21. The second-order valence-corrected chi connectivity index (χ2v) is 10.8. The van der Waals surface area contributed by atoms with Crippen molar-refractivity contribution < 1.29 is 18.9 Å². The quantitative estimate of drug-likeness (QED) is 0.150. The Morgan fingerprint density at radius 3 is 2.47 bits per heavy atom. The van der Waals surface area contributed by atoms with Gasteiger partial charge in [-0.15, -0.1) is 0 Å². The number of aromatic amines is 1. The number of halogens is 1. The van der Waals surface area contributed by atoms with Gasteiger partial charge in [-0.05, 0) is 29.3 Å². The fraction of sp³-hybridized carbons (Fsp3) is 0.0769. The molecule has 2 heterocycles. The summed E-state index contributed by atoms with van der Waals surface area (Å²) >= 11 is 6.11. The lowest BCUT2D eigenvalue weighted by Gasteiger charge is -2.14. The van der Waals surface area contributed by atoms with Gasteiger partial charge in [-0.2, -0.15) is 5.10 Å². The summed E-state index contributed by atoms with van der Waals surface area (Å²) in [5.41, 5.74) is 3.02. The molecule has 0 amide bonds. The number of nitro groups is 1. The lowest BCUT2D eigenvalue weighted by Crippen LogP contribution is -2.10. The Bertz CT molecular complexity index is 1780. The summed E-state index contributed by atoms with van der Waals surface area (Å²) in [5.74, 6) is -0.229. The molecule has 192 valence electrons. The van der Waals surface area contributed by atoms with Crippen molar-refractivity contribution in [2.24, 2.45) is 0 Å². The van der Waals surface area contributed by atoms with Crippen molar-refractivity contribution in [2.75, 3.05) is 6.66 Å². The van der Waals surface area contributed by atoms with Gasteiger partial charge in [-0.25, -0.2) is 9.08 Å². The molecule has 1 unspecified atom stereocenters. The summed E-state index contributed by atoms with van der Waals surface area (Å²) in [6, 6.07) is 21.6. The van der Waals surface area contributed by atoms with E-state index in [2.05, 4.69) is 4.98 Å². The average Bonchev–Trinajstić information content (AvgIpc) is 3.21. The van der Waals surface area contributed by atoms with Gasteiger partial charge in [0.2, 0.25) is 0 Å². The molecule has 2 N–H and O–H groups in total. The van der Waals surface area contributed by atoms with Crippen molar-refractivity contribution in [1.82, 2.24) is 14.6 Å². The summed E-state index contributed by atoms with van der Waals surface area (Å²) in [7, 11) is -4.11. The van der Waals surface area contributed by atoms with E-state index in [0.717, 1.165) is 23.9 Å². The number of H-pyrrole nitrogens is 1. The average molecular weight is 551 g/mol. The first kappa shape index (κ1) is 25.4. The first-order chi connectivity index (χ1) is 18.1. The lowest BCUT2D eigenvalue weighted by atomic mass is 10.0. The highest BCUT2D eigenvalue weighted by atomic mass is 35.5. The topological polar surface area (TPSA) is 140 Å². The number of nitrogens with zero attached hydrogens (tertiary/aromatic N) is 3. The van der Waals surface area contributed by atoms with Crippen molar-refractivity contribution in [1.29, 1.82) is 0 Å². The van der Waals surface area contributed by atoms with Crippen LogP contribution in [0.25, 0.3) is 28.0 Å². The summed E-state index contributed by atoms with van der Waals surface area (Å²) < 4.78 is 18.8. The molecule has 12 heteroatoms. The third-order valence-corrected chi connectivity index (χ3v) is 6.55. The standard InChI is InChI=1S/C26H20ClN4O6P/c1-38(35,36)37-23-14-19(31(33)34)11-12-20(23)22-15-24(32)28-26-25(17-7-9-18(27)10-8-17)21(29-30(22)26)13-16-5-3-2-4-6-16/h2-12,14-15H,13H2,1H3,(H,28,32)(H,35,36). The Morgan fingerprint density at radius 2 is 1.82 bits per heavy atom. The Kier molecular flexibility index (Phi) is 6.62. The number of non-ortho nitro benzene ring substituents is 1. The van der Waals surface area contributed by atoms with Crippen LogP contribution in [0.4, 0.5) is 5.69 Å². The van der Waals surface area contributed by atoms with E-state index < -0.39 is 18.1 Å². The molecule has 2 aromatic heterocycles. The minimum absolute atomic E-state index is 0.180. The van der Waals surface area contributed by atoms with Crippen LogP contribution < -0.4 is 10.1 Å². The number of rotatable bonds is 7. The normalized spacial score (nSPS) is 12.8. The van der Waals surface area contributed by atoms with E-state index in [0.29, 0.717) is 28.3 Å². The Morgan fingerprint density at radius 1 is 1.11 bits per heavy atom. The number of hydrogen-bond donors (Lipinski definition) is 2. The second kappa shape index (κ2) is 9.90. The van der Waals surface area contributed by atoms with Gasteiger partial charge in [0, 0.05) is 41.4 Å². The maximum absolute atomic E-state index is 12.9. The fourth-order valence-corrected chi connectivity index (χ4v) is 4.85. The van der Waals surface area contributed by atoms with Crippen LogP contribution in [0.15, 0.2) is 83.7 Å². The van der Waals surface area contributed by atoms with Crippen LogP contribution in [0.3, 0.4) is 0 Å². The Hall–Kier alpha value is -4.24. The molecule has 5 rings (SSSR count). The van der Waals surface area contributed by atoms with E-state index in [1.165, 1.54) is 22.7 Å². The van der Waals surface area contributed by atoms with Gasteiger partial charge < -0.3 is 14.4 Å². The van der Waals surface area contributed by atoms with E-state index in [-0.39, 0.29) is 22.7 Å². The molecule has 0 bridgehead atoms. The molecule has 0 aliphatic carbocycles. The van der Waals surface area contributed by atoms with E-state index in [1.54, 1.807) is 12.1 Å². The molecule has 0 fully saturated rings. The molecule has 3 aromatic carbocycles. The second-order valence-electron chi connectivity index (χ2n) is 8.60. The SMILES string of the molecule is CP(=O)(O)Oc1cc([N+](=O)[O-])ccc1-c1cc(=O)[nH]c2c(-c3ccc(Cl)cc3)c(Cc3ccccc3)nn12. The first-order valence-corrected chi connectivity index (χ1v) is 13.7. The zero-order valence-corrected chi connectivity index (χ0v) is 21.5. The van der Waals surface area contributed by atoms with Gasteiger partial charge in [0.15, 0.2) is 0 Å². The number of benzene rings is 3. The predicted molar refractivity (Wildman–Crippen MR) is 144 cm³/mol. The van der Waals surface area contributed by atoms with Crippen LogP contribution in [0.2, 0.25) is 5.02 Å². The van der Waals surface area contributed by atoms with E-state index >= 15 is 0 Å². The van der Waals surface area contributed by atoms with Crippen molar-refractivity contribution in [3.8, 4) is 28.1 Å². The van der Waals surface area contributed by atoms with Gasteiger partial charge in [-0.1, -0.05) is 54.1 Å². The maximum Gasteiger partial charge on any atom is 0.373 e. The van der Waals surface area contributed by atoms with Crippen LogP contribution in [0, 0.1) is 10.1 Å². The van der Waals surface area contributed by atoms with E-state index in [9.17, 15) is 24.4 Å². The maximum atomic E-state index is 12.9.